The van der Waals surface area contributed by atoms with Crippen molar-refractivity contribution in [3.63, 3.8) is 0 Å². The number of unbranched alkanes of at least 4 members (excludes halogenated alkanes) is 31. The molecule has 0 aliphatic heterocycles. The molecule has 0 saturated heterocycles. The minimum Gasteiger partial charge on any atom is -0.457 e. The van der Waals surface area contributed by atoms with E-state index in [1.54, 1.807) is 0 Å². The average molecular weight is 793 g/mol. The molecule has 0 bridgehead atoms. The lowest BCUT2D eigenvalue weighted by atomic mass is 10.0. The summed E-state index contributed by atoms with van der Waals surface area (Å²) in [5, 5.41) is 18.4. The maximum atomic E-state index is 12.6. The summed E-state index contributed by atoms with van der Waals surface area (Å²) in [6.45, 7) is 3.59. The summed E-state index contributed by atoms with van der Waals surface area (Å²) in [6.07, 6.45) is 40.6. The Bertz CT molecular complexity index is 815. The highest BCUT2D eigenvalue weighted by molar-refractivity contribution is 7.47. The summed E-state index contributed by atoms with van der Waals surface area (Å²) in [5.41, 5.74) is 0. The minimum absolute atomic E-state index is 0.0584. The Morgan fingerprint density at radius 3 is 1.20 bits per heavy atom. The molecular weight excluding hydrogens is 703 g/mol. The van der Waals surface area contributed by atoms with Crippen molar-refractivity contribution in [2.24, 2.45) is 0 Å². The van der Waals surface area contributed by atoms with Crippen molar-refractivity contribution in [1.29, 1.82) is 0 Å². The van der Waals surface area contributed by atoms with Crippen molar-refractivity contribution < 1.29 is 43.0 Å². The first kappa shape index (κ1) is 53.5. The van der Waals surface area contributed by atoms with Crippen molar-refractivity contribution in [1.82, 2.24) is 0 Å². The van der Waals surface area contributed by atoms with Gasteiger partial charge in [0.2, 0.25) is 0 Å². The van der Waals surface area contributed by atoms with Gasteiger partial charge < -0.3 is 24.6 Å². The van der Waals surface area contributed by atoms with E-state index < -0.39 is 33.2 Å². The SMILES string of the molecule is CCCCCCCCCCCCCCCCCCCOCC(COP(=O)(O)OCC(O)CO)OC(=O)CCCCCCCCCCCCCCCCCC. The number of hydrogen-bond donors (Lipinski definition) is 3. The van der Waals surface area contributed by atoms with Gasteiger partial charge in [-0.1, -0.05) is 213 Å². The predicted molar refractivity (Wildman–Crippen MR) is 224 cm³/mol. The van der Waals surface area contributed by atoms with Crippen LogP contribution in [0.4, 0.5) is 0 Å². The van der Waals surface area contributed by atoms with E-state index in [1.807, 2.05) is 0 Å². The Balaban J connectivity index is 4.08. The molecule has 0 amide bonds. The third-order valence-corrected chi connectivity index (χ3v) is 11.2. The van der Waals surface area contributed by atoms with Crippen LogP contribution in [0.3, 0.4) is 0 Å². The van der Waals surface area contributed by atoms with Gasteiger partial charge in [0.1, 0.15) is 12.2 Å². The van der Waals surface area contributed by atoms with Crippen molar-refractivity contribution in [2.75, 3.05) is 33.0 Å². The second kappa shape index (κ2) is 42.1. The molecule has 0 spiro atoms. The molecular formula is C44H89O9P. The Kier molecular flexibility index (Phi) is 41.7. The summed E-state index contributed by atoms with van der Waals surface area (Å²) < 4.78 is 33.4. The summed E-state index contributed by atoms with van der Waals surface area (Å²) >= 11 is 0. The van der Waals surface area contributed by atoms with Crippen LogP contribution in [0.1, 0.15) is 232 Å². The lowest BCUT2D eigenvalue weighted by Gasteiger charge is -2.20. The van der Waals surface area contributed by atoms with Gasteiger partial charge in [-0.3, -0.25) is 13.8 Å². The molecule has 3 unspecified atom stereocenters. The number of esters is 1. The largest absolute Gasteiger partial charge is 0.472 e. The summed E-state index contributed by atoms with van der Waals surface area (Å²) in [4.78, 5) is 22.6. The molecule has 10 heteroatoms. The number of aliphatic hydroxyl groups is 2. The topological polar surface area (TPSA) is 132 Å². The first-order chi connectivity index (χ1) is 26.3. The molecule has 0 aromatic heterocycles. The zero-order chi connectivity index (χ0) is 39.6. The van der Waals surface area contributed by atoms with Crippen LogP contribution in [0.25, 0.3) is 0 Å². The Morgan fingerprint density at radius 2 is 0.833 bits per heavy atom. The first-order valence-corrected chi connectivity index (χ1v) is 24.5. The summed E-state index contributed by atoms with van der Waals surface area (Å²) in [5.74, 6) is -0.375. The maximum Gasteiger partial charge on any atom is 0.472 e. The molecule has 0 aromatic carbocycles. The third-order valence-electron chi connectivity index (χ3n) is 10.3. The van der Waals surface area contributed by atoms with Gasteiger partial charge in [0, 0.05) is 13.0 Å². The number of rotatable bonds is 45. The standard InChI is InChI=1S/C44H89O9P/c1-3-5-7-9-11-13-15-17-19-21-23-25-27-29-31-33-35-37-50-40-43(41-52-54(48,49)51-39-42(46)38-45)53-44(47)36-34-32-30-28-26-24-22-20-18-16-14-12-10-8-6-4-2/h42-43,45-46H,3-41H2,1-2H3,(H,48,49). The Labute approximate surface area is 333 Å². The normalized spacial score (nSPS) is 13.9. The van der Waals surface area contributed by atoms with E-state index in [0.29, 0.717) is 6.61 Å². The number of carbonyl (C=O) groups excluding carboxylic acids is 1. The maximum absolute atomic E-state index is 12.6. The molecule has 3 N–H and O–H groups in total. The van der Waals surface area contributed by atoms with E-state index in [4.69, 9.17) is 23.6 Å². The fourth-order valence-corrected chi connectivity index (χ4v) is 7.56. The van der Waals surface area contributed by atoms with Crippen LogP contribution in [0.2, 0.25) is 0 Å². The second-order valence-corrected chi connectivity index (χ2v) is 17.2. The van der Waals surface area contributed by atoms with Gasteiger partial charge in [-0.2, -0.15) is 0 Å². The number of phosphoric ester groups is 1. The van der Waals surface area contributed by atoms with Gasteiger partial charge in [-0.05, 0) is 12.8 Å². The van der Waals surface area contributed by atoms with E-state index in [1.165, 1.54) is 180 Å². The minimum atomic E-state index is -4.51. The Morgan fingerprint density at radius 1 is 0.500 bits per heavy atom. The summed E-state index contributed by atoms with van der Waals surface area (Å²) in [7, 11) is -4.51. The molecule has 0 rings (SSSR count). The van der Waals surface area contributed by atoms with Crippen molar-refractivity contribution in [3.05, 3.63) is 0 Å². The smallest absolute Gasteiger partial charge is 0.457 e. The molecule has 0 aromatic rings. The predicted octanol–water partition coefficient (Wildman–Crippen LogP) is 12.7. The van der Waals surface area contributed by atoms with Crippen LogP contribution in [-0.2, 0) is 27.9 Å². The van der Waals surface area contributed by atoms with E-state index in [0.717, 1.165) is 32.1 Å². The molecule has 0 radical (unpaired) electrons. The number of carbonyl (C=O) groups is 1. The lowest BCUT2D eigenvalue weighted by molar-refractivity contribution is -0.154. The monoisotopic (exact) mass is 793 g/mol. The molecule has 0 aliphatic rings. The van der Waals surface area contributed by atoms with Crippen molar-refractivity contribution >= 4 is 13.8 Å². The third kappa shape index (κ3) is 41.1. The second-order valence-electron chi connectivity index (χ2n) is 15.8. The van der Waals surface area contributed by atoms with Crippen LogP contribution < -0.4 is 0 Å². The highest BCUT2D eigenvalue weighted by atomic mass is 31.2. The van der Waals surface area contributed by atoms with Crippen LogP contribution in [-0.4, -0.2) is 66.3 Å². The van der Waals surface area contributed by atoms with Gasteiger partial charge in [-0.25, -0.2) is 4.57 Å². The Hall–Kier alpha value is -0.540. The zero-order valence-electron chi connectivity index (χ0n) is 35.5. The number of ether oxygens (including phenoxy) is 2. The molecule has 0 saturated carbocycles. The number of aliphatic hydroxyl groups excluding tert-OH is 2. The fourth-order valence-electron chi connectivity index (χ4n) is 6.77. The number of phosphoric acid groups is 1. The quantitative estimate of drug-likeness (QED) is 0.0313. The van der Waals surface area contributed by atoms with E-state index in [-0.39, 0.29) is 25.6 Å². The zero-order valence-corrected chi connectivity index (χ0v) is 36.4. The molecule has 0 aliphatic carbocycles. The fraction of sp³-hybridized carbons (Fsp3) is 0.977. The van der Waals surface area contributed by atoms with Gasteiger partial charge in [0.15, 0.2) is 0 Å². The van der Waals surface area contributed by atoms with E-state index in [2.05, 4.69) is 13.8 Å². The van der Waals surface area contributed by atoms with Crippen molar-refractivity contribution in [2.45, 2.75) is 244 Å². The molecule has 324 valence electrons. The molecule has 3 atom stereocenters. The van der Waals surface area contributed by atoms with Crippen LogP contribution in [0.5, 0.6) is 0 Å². The van der Waals surface area contributed by atoms with E-state index >= 15 is 0 Å². The molecule has 0 heterocycles. The molecule has 0 fully saturated rings. The summed E-state index contributed by atoms with van der Waals surface area (Å²) in [6, 6.07) is 0. The van der Waals surface area contributed by atoms with Crippen LogP contribution in [0.15, 0.2) is 0 Å². The molecule has 54 heavy (non-hydrogen) atoms. The van der Waals surface area contributed by atoms with Crippen molar-refractivity contribution in [3.8, 4) is 0 Å². The van der Waals surface area contributed by atoms with Crippen LogP contribution in [0, 0.1) is 0 Å². The van der Waals surface area contributed by atoms with Gasteiger partial charge in [0.25, 0.3) is 0 Å². The highest BCUT2D eigenvalue weighted by Crippen LogP contribution is 2.43. The first-order valence-electron chi connectivity index (χ1n) is 23.0. The number of hydrogen-bond acceptors (Lipinski definition) is 8. The van der Waals surface area contributed by atoms with Gasteiger partial charge in [-0.15, -0.1) is 0 Å². The van der Waals surface area contributed by atoms with Gasteiger partial charge in [0.05, 0.1) is 26.4 Å². The van der Waals surface area contributed by atoms with Gasteiger partial charge >= 0.3 is 13.8 Å². The lowest BCUT2D eigenvalue weighted by Crippen LogP contribution is -2.29. The van der Waals surface area contributed by atoms with E-state index in [9.17, 15) is 19.4 Å². The molecule has 9 nitrogen and oxygen atoms in total. The average Bonchev–Trinajstić information content (AvgIpc) is 3.16. The highest BCUT2D eigenvalue weighted by Gasteiger charge is 2.26. The van der Waals surface area contributed by atoms with Crippen LogP contribution >= 0.6 is 7.82 Å².